The summed E-state index contributed by atoms with van der Waals surface area (Å²) in [7, 11) is 0. The molecule has 3 rings (SSSR count). The van der Waals surface area contributed by atoms with Crippen LogP contribution in [-0.4, -0.2) is 35.7 Å². The molecule has 2 aromatic rings. The van der Waals surface area contributed by atoms with Gasteiger partial charge >= 0.3 is 5.97 Å². The van der Waals surface area contributed by atoms with E-state index in [-0.39, 0.29) is 17.9 Å². The van der Waals surface area contributed by atoms with Gasteiger partial charge in [-0.25, -0.2) is 0 Å². The minimum absolute atomic E-state index is 0.133. The van der Waals surface area contributed by atoms with Crippen LogP contribution in [0.1, 0.15) is 26.3 Å². The molecule has 1 heterocycles. The molecule has 4 heteroatoms. The largest absolute Gasteiger partial charge is 0.493 e. The van der Waals surface area contributed by atoms with Crippen LogP contribution in [0, 0.1) is 5.92 Å². The van der Waals surface area contributed by atoms with Gasteiger partial charge < -0.3 is 9.47 Å². The van der Waals surface area contributed by atoms with Crippen LogP contribution in [0.2, 0.25) is 0 Å². The number of nitrogens with zero attached hydrogens (tertiary/aromatic N) is 1. The lowest BCUT2D eigenvalue weighted by Crippen LogP contribution is -2.62. The van der Waals surface area contributed by atoms with E-state index in [2.05, 4.69) is 17.0 Å². The van der Waals surface area contributed by atoms with Crippen molar-refractivity contribution in [3.05, 3.63) is 66.2 Å². The molecule has 0 unspecified atom stereocenters. The van der Waals surface area contributed by atoms with Crippen LogP contribution in [0.3, 0.4) is 0 Å². The van der Waals surface area contributed by atoms with Crippen molar-refractivity contribution < 1.29 is 14.3 Å². The number of carbonyl (C=O) groups excluding carboxylic acids is 1. The molecule has 0 aromatic heterocycles. The van der Waals surface area contributed by atoms with Crippen molar-refractivity contribution in [2.24, 2.45) is 5.92 Å². The first-order valence-electron chi connectivity index (χ1n) is 9.11. The second-order valence-corrected chi connectivity index (χ2v) is 7.78. The molecule has 2 atom stereocenters. The highest BCUT2D eigenvalue weighted by atomic mass is 16.6. The average Bonchev–Trinajstić information content (AvgIpc) is 2.57. The topological polar surface area (TPSA) is 38.8 Å². The Kier molecular flexibility index (Phi) is 5.62. The van der Waals surface area contributed by atoms with Crippen LogP contribution in [0.5, 0.6) is 5.75 Å². The molecule has 0 N–H and O–H groups in total. The maximum absolute atomic E-state index is 12.7. The fourth-order valence-electron chi connectivity index (χ4n) is 3.22. The van der Waals surface area contributed by atoms with Crippen molar-refractivity contribution in [3.8, 4) is 5.75 Å². The molecule has 1 aliphatic heterocycles. The second-order valence-electron chi connectivity index (χ2n) is 7.78. The molecule has 0 radical (unpaired) electrons. The highest BCUT2D eigenvalue weighted by Crippen LogP contribution is 2.30. The monoisotopic (exact) mass is 353 g/mol. The Balaban J connectivity index is 1.65. The minimum atomic E-state index is -0.490. The third-order valence-electron chi connectivity index (χ3n) is 4.39. The van der Waals surface area contributed by atoms with Crippen molar-refractivity contribution in [1.29, 1.82) is 0 Å². The van der Waals surface area contributed by atoms with Crippen molar-refractivity contribution in [1.82, 2.24) is 4.90 Å². The Hall–Kier alpha value is -2.33. The number of rotatable bonds is 6. The van der Waals surface area contributed by atoms with E-state index >= 15 is 0 Å². The molecule has 0 amide bonds. The fraction of sp³-hybridized carbons (Fsp3) is 0.409. The number of esters is 1. The summed E-state index contributed by atoms with van der Waals surface area (Å²) in [4.78, 5) is 14.9. The van der Waals surface area contributed by atoms with E-state index in [1.165, 1.54) is 5.56 Å². The summed E-state index contributed by atoms with van der Waals surface area (Å²) >= 11 is 0. The second kappa shape index (κ2) is 7.92. The molecule has 0 saturated carbocycles. The molecule has 0 aliphatic carbocycles. The molecule has 2 aromatic carbocycles. The van der Waals surface area contributed by atoms with Crippen LogP contribution in [0.25, 0.3) is 0 Å². The van der Waals surface area contributed by atoms with Crippen molar-refractivity contribution in [2.75, 3.05) is 13.2 Å². The van der Waals surface area contributed by atoms with Crippen LogP contribution in [0.4, 0.5) is 0 Å². The molecule has 1 aliphatic rings. The summed E-state index contributed by atoms with van der Waals surface area (Å²) in [5.74, 6) is 0.798. The lowest BCUT2D eigenvalue weighted by atomic mass is 9.88. The molecule has 4 nitrogen and oxygen atoms in total. The van der Waals surface area contributed by atoms with E-state index in [1.54, 1.807) is 0 Å². The van der Waals surface area contributed by atoms with Crippen molar-refractivity contribution in [3.63, 3.8) is 0 Å². The minimum Gasteiger partial charge on any atom is -0.493 e. The van der Waals surface area contributed by atoms with Gasteiger partial charge in [0, 0.05) is 19.0 Å². The summed E-state index contributed by atoms with van der Waals surface area (Å²) < 4.78 is 11.5. The van der Waals surface area contributed by atoms with Crippen LogP contribution < -0.4 is 4.74 Å². The molecule has 138 valence electrons. The van der Waals surface area contributed by atoms with E-state index in [4.69, 9.17) is 9.47 Å². The van der Waals surface area contributed by atoms with E-state index in [1.807, 2.05) is 69.3 Å². The SMILES string of the molecule is CC(C)(C)OC(=O)[C@@H]1[C@H](COc2ccccc2)CN1Cc1ccccc1. The maximum atomic E-state index is 12.7. The van der Waals surface area contributed by atoms with Crippen LogP contribution in [-0.2, 0) is 16.1 Å². The average molecular weight is 353 g/mol. The van der Waals surface area contributed by atoms with Gasteiger partial charge in [-0.15, -0.1) is 0 Å². The number of hydrogen-bond donors (Lipinski definition) is 0. The van der Waals surface area contributed by atoms with Crippen LogP contribution >= 0.6 is 0 Å². The Labute approximate surface area is 155 Å². The van der Waals surface area contributed by atoms with E-state index in [9.17, 15) is 4.79 Å². The number of likely N-dealkylation sites (tertiary alicyclic amines) is 1. The Bertz CT molecular complexity index is 709. The van der Waals surface area contributed by atoms with Crippen molar-refractivity contribution >= 4 is 5.97 Å². The normalized spacial score (nSPS) is 20.3. The van der Waals surface area contributed by atoms with Gasteiger partial charge in [0.05, 0.1) is 6.61 Å². The zero-order chi connectivity index (χ0) is 18.6. The Morgan fingerprint density at radius 3 is 2.27 bits per heavy atom. The maximum Gasteiger partial charge on any atom is 0.324 e. The van der Waals surface area contributed by atoms with Gasteiger partial charge in [0.15, 0.2) is 0 Å². The lowest BCUT2D eigenvalue weighted by molar-refractivity contribution is -0.173. The molecule has 1 fully saturated rings. The fourth-order valence-corrected chi connectivity index (χ4v) is 3.22. The highest BCUT2D eigenvalue weighted by Gasteiger charge is 2.46. The molecule has 0 bridgehead atoms. The lowest BCUT2D eigenvalue weighted by Gasteiger charge is -2.46. The van der Waals surface area contributed by atoms with Gasteiger partial charge in [0.25, 0.3) is 0 Å². The smallest absolute Gasteiger partial charge is 0.324 e. The summed E-state index contributed by atoms with van der Waals surface area (Å²) in [5.41, 5.74) is 0.708. The zero-order valence-electron chi connectivity index (χ0n) is 15.7. The standard InChI is InChI=1S/C22H27NO3/c1-22(2,3)26-21(24)20-18(16-25-19-12-8-5-9-13-19)15-23(20)14-17-10-6-4-7-11-17/h4-13,18,20H,14-16H2,1-3H3/t18-,20-/m0/s1. The van der Waals surface area contributed by atoms with Gasteiger partial charge in [0.2, 0.25) is 0 Å². The molecular weight excluding hydrogens is 326 g/mol. The van der Waals surface area contributed by atoms with Gasteiger partial charge in [-0.1, -0.05) is 48.5 Å². The van der Waals surface area contributed by atoms with E-state index in [0.717, 1.165) is 18.8 Å². The predicted octanol–water partition coefficient (Wildman–Crippen LogP) is 3.91. The molecular formula is C22H27NO3. The zero-order valence-corrected chi connectivity index (χ0v) is 15.7. The number of ether oxygens (including phenoxy) is 2. The van der Waals surface area contributed by atoms with Crippen molar-refractivity contribution in [2.45, 2.75) is 39.0 Å². The first-order chi connectivity index (χ1) is 12.4. The third kappa shape index (κ3) is 4.85. The molecule has 0 spiro atoms. The number of para-hydroxylation sites is 1. The first kappa shape index (κ1) is 18.5. The van der Waals surface area contributed by atoms with Gasteiger partial charge in [-0.2, -0.15) is 0 Å². The highest BCUT2D eigenvalue weighted by molar-refractivity contribution is 5.78. The summed E-state index contributed by atoms with van der Waals surface area (Å²) in [6, 6.07) is 19.7. The van der Waals surface area contributed by atoms with E-state index < -0.39 is 5.60 Å². The third-order valence-corrected chi connectivity index (χ3v) is 4.39. The van der Waals surface area contributed by atoms with Gasteiger partial charge in [0.1, 0.15) is 17.4 Å². The summed E-state index contributed by atoms with van der Waals surface area (Å²) in [5, 5.41) is 0. The quantitative estimate of drug-likeness (QED) is 0.738. The molecule has 26 heavy (non-hydrogen) atoms. The number of hydrogen-bond acceptors (Lipinski definition) is 4. The summed E-state index contributed by atoms with van der Waals surface area (Å²) in [6.45, 7) is 7.79. The van der Waals surface area contributed by atoms with Gasteiger partial charge in [-0.05, 0) is 38.5 Å². The number of carbonyl (C=O) groups is 1. The van der Waals surface area contributed by atoms with Gasteiger partial charge in [-0.3, -0.25) is 9.69 Å². The molecule has 1 saturated heterocycles. The first-order valence-corrected chi connectivity index (χ1v) is 9.11. The Morgan fingerprint density at radius 2 is 1.65 bits per heavy atom. The Morgan fingerprint density at radius 1 is 1.04 bits per heavy atom. The number of benzene rings is 2. The summed E-state index contributed by atoms with van der Waals surface area (Å²) in [6.07, 6.45) is 0. The van der Waals surface area contributed by atoms with Crippen LogP contribution in [0.15, 0.2) is 60.7 Å². The van der Waals surface area contributed by atoms with E-state index in [0.29, 0.717) is 6.61 Å². The predicted molar refractivity (Wildman–Crippen MR) is 102 cm³/mol.